The van der Waals surface area contributed by atoms with Crippen molar-refractivity contribution in [3.63, 3.8) is 0 Å². The first-order chi connectivity index (χ1) is 14.6. The first-order valence-electron chi connectivity index (χ1n) is 9.17. The Hall–Kier alpha value is -3.16. The number of fused-ring (bicyclic) bond motifs is 1. The maximum absolute atomic E-state index is 13.1. The van der Waals surface area contributed by atoms with E-state index in [0.29, 0.717) is 33.3 Å². The van der Waals surface area contributed by atoms with Crippen LogP contribution in [-0.2, 0) is 11.3 Å². The number of anilines is 1. The summed E-state index contributed by atoms with van der Waals surface area (Å²) in [6.07, 6.45) is 3.39. The number of carbonyl (C=O) groups excluding carboxylic acids is 1. The second-order valence-corrected chi connectivity index (χ2v) is 7.83. The average Bonchev–Trinajstić information content (AvgIpc) is 2.77. The highest BCUT2D eigenvalue weighted by atomic mass is 35.5. The summed E-state index contributed by atoms with van der Waals surface area (Å²) in [5.74, 6) is -0.147. The predicted molar refractivity (Wildman–Crippen MR) is 120 cm³/mol. The Balaban J connectivity index is 1.62. The molecule has 0 unspecified atom stereocenters. The number of pyridine rings is 1. The number of amides is 1. The lowest BCUT2D eigenvalue weighted by molar-refractivity contribution is -0.113. The van der Waals surface area contributed by atoms with Gasteiger partial charge in [0.1, 0.15) is 0 Å². The molecule has 2 aromatic carbocycles. The van der Waals surface area contributed by atoms with Crippen LogP contribution >= 0.6 is 23.4 Å². The summed E-state index contributed by atoms with van der Waals surface area (Å²) in [4.78, 5) is 34.3. The molecule has 150 valence electrons. The van der Waals surface area contributed by atoms with Crippen molar-refractivity contribution >= 4 is 45.9 Å². The summed E-state index contributed by atoms with van der Waals surface area (Å²) in [5, 5.41) is 4.25. The fourth-order valence-corrected chi connectivity index (χ4v) is 3.93. The maximum Gasteiger partial charge on any atom is 0.262 e. The Morgan fingerprint density at radius 1 is 1.07 bits per heavy atom. The minimum atomic E-state index is -0.233. The predicted octanol–water partition coefficient (Wildman–Crippen LogP) is 4.22. The first-order valence-corrected chi connectivity index (χ1v) is 10.5. The van der Waals surface area contributed by atoms with Crippen molar-refractivity contribution in [2.24, 2.45) is 0 Å². The van der Waals surface area contributed by atoms with Gasteiger partial charge in [-0.2, -0.15) is 0 Å². The zero-order valence-electron chi connectivity index (χ0n) is 15.8. The van der Waals surface area contributed by atoms with Crippen molar-refractivity contribution < 1.29 is 4.79 Å². The molecule has 0 saturated carbocycles. The fourth-order valence-electron chi connectivity index (χ4n) is 2.95. The van der Waals surface area contributed by atoms with Crippen LogP contribution < -0.4 is 10.9 Å². The quantitative estimate of drug-likeness (QED) is 0.361. The van der Waals surface area contributed by atoms with Gasteiger partial charge in [0.15, 0.2) is 5.16 Å². The molecular weight excluding hydrogens is 420 g/mol. The number of nitrogens with one attached hydrogen (secondary N) is 1. The molecule has 6 nitrogen and oxygen atoms in total. The van der Waals surface area contributed by atoms with Gasteiger partial charge in [0.2, 0.25) is 5.91 Å². The highest BCUT2D eigenvalue weighted by molar-refractivity contribution is 7.99. The second-order valence-electron chi connectivity index (χ2n) is 6.48. The molecule has 0 aliphatic rings. The van der Waals surface area contributed by atoms with Gasteiger partial charge >= 0.3 is 0 Å². The van der Waals surface area contributed by atoms with E-state index in [0.717, 1.165) is 5.56 Å². The smallest absolute Gasteiger partial charge is 0.262 e. The van der Waals surface area contributed by atoms with Crippen molar-refractivity contribution in [1.29, 1.82) is 0 Å². The second kappa shape index (κ2) is 9.11. The topological polar surface area (TPSA) is 76.9 Å². The first kappa shape index (κ1) is 20.1. The van der Waals surface area contributed by atoms with Crippen LogP contribution in [-0.4, -0.2) is 26.2 Å². The molecule has 2 aromatic heterocycles. The minimum Gasteiger partial charge on any atom is -0.324 e. The van der Waals surface area contributed by atoms with Gasteiger partial charge in [0.25, 0.3) is 5.56 Å². The lowest BCUT2D eigenvalue weighted by Crippen LogP contribution is -2.25. The summed E-state index contributed by atoms with van der Waals surface area (Å²) in [7, 11) is 0. The third kappa shape index (κ3) is 4.53. The van der Waals surface area contributed by atoms with Crippen LogP contribution in [0.1, 0.15) is 5.56 Å². The summed E-state index contributed by atoms with van der Waals surface area (Å²) in [6, 6.07) is 17.9. The molecule has 0 saturated heterocycles. The molecule has 30 heavy (non-hydrogen) atoms. The molecule has 8 heteroatoms. The lowest BCUT2D eigenvalue weighted by Gasteiger charge is -2.13. The number of para-hydroxylation sites is 2. The van der Waals surface area contributed by atoms with E-state index in [4.69, 9.17) is 11.6 Å². The molecule has 0 atom stereocenters. The van der Waals surface area contributed by atoms with Gasteiger partial charge < -0.3 is 5.32 Å². The van der Waals surface area contributed by atoms with E-state index in [-0.39, 0.29) is 17.2 Å². The lowest BCUT2D eigenvalue weighted by atomic mass is 10.2. The summed E-state index contributed by atoms with van der Waals surface area (Å²) in [6.45, 7) is 0.318. The van der Waals surface area contributed by atoms with Crippen LogP contribution in [0.4, 0.5) is 5.69 Å². The normalized spacial score (nSPS) is 10.8. The number of thioether (sulfide) groups is 1. The van der Waals surface area contributed by atoms with Crippen LogP contribution in [0.15, 0.2) is 83.0 Å². The number of hydrogen-bond donors (Lipinski definition) is 1. The number of benzene rings is 2. The fraction of sp³-hybridized carbons (Fsp3) is 0.0909. The van der Waals surface area contributed by atoms with Crippen LogP contribution in [0.2, 0.25) is 5.02 Å². The van der Waals surface area contributed by atoms with Gasteiger partial charge in [0.05, 0.1) is 33.9 Å². The summed E-state index contributed by atoms with van der Waals surface area (Å²) < 4.78 is 1.58. The standard InChI is InChI=1S/C22H17ClN4O2S/c23-17-8-2-4-10-19(17)25-20(28)14-30-22-26-18-9-3-1-7-16(18)21(29)27(22)13-15-6-5-11-24-12-15/h1-12H,13-14H2,(H,25,28). The largest absolute Gasteiger partial charge is 0.324 e. The molecule has 0 fully saturated rings. The molecule has 2 heterocycles. The van der Waals surface area contributed by atoms with Gasteiger partial charge in [-0.15, -0.1) is 0 Å². The Labute approximate surface area is 181 Å². The number of carbonyl (C=O) groups is 1. The average molecular weight is 437 g/mol. The number of rotatable bonds is 6. The van der Waals surface area contributed by atoms with Gasteiger partial charge in [-0.3, -0.25) is 19.1 Å². The Morgan fingerprint density at radius 2 is 1.87 bits per heavy atom. The minimum absolute atomic E-state index is 0.0864. The molecule has 0 radical (unpaired) electrons. The third-order valence-electron chi connectivity index (χ3n) is 4.37. The van der Waals surface area contributed by atoms with E-state index in [1.807, 2.05) is 24.3 Å². The van der Waals surface area contributed by atoms with E-state index in [1.165, 1.54) is 11.8 Å². The molecule has 1 amide bonds. The Morgan fingerprint density at radius 3 is 2.67 bits per heavy atom. The van der Waals surface area contributed by atoms with Gasteiger partial charge in [-0.05, 0) is 35.9 Å². The van der Waals surface area contributed by atoms with E-state index in [9.17, 15) is 9.59 Å². The van der Waals surface area contributed by atoms with Crippen molar-refractivity contribution in [2.75, 3.05) is 11.1 Å². The summed E-state index contributed by atoms with van der Waals surface area (Å²) >= 11 is 7.31. The van der Waals surface area contributed by atoms with Crippen molar-refractivity contribution in [3.8, 4) is 0 Å². The SMILES string of the molecule is O=C(CSc1nc2ccccc2c(=O)n1Cc1cccnc1)Nc1ccccc1Cl. The van der Waals surface area contributed by atoms with Crippen LogP contribution in [0.5, 0.6) is 0 Å². The van der Waals surface area contributed by atoms with Crippen LogP contribution in [0.25, 0.3) is 10.9 Å². The molecule has 4 rings (SSSR count). The monoisotopic (exact) mass is 436 g/mol. The van der Waals surface area contributed by atoms with Crippen molar-refractivity contribution in [1.82, 2.24) is 14.5 Å². The molecular formula is C22H17ClN4O2S. The van der Waals surface area contributed by atoms with Crippen molar-refractivity contribution in [3.05, 3.63) is 94.0 Å². The van der Waals surface area contributed by atoms with Crippen molar-refractivity contribution in [2.45, 2.75) is 11.7 Å². The zero-order valence-corrected chi connectivity index (χ0v) is 17.4. The molecule has 0 aliphatic heterocycles. The molecule has 0 spiro atoms. The van der Waals surface area contributed by atoms with E-state index >= 15 is 0 Å². The molecule has 0 bridgehead atoms. The Bertz CT molecular complexity index is 1260. The highest BCUT2D eigenvalue weighted by Crippen LogP contribution is 2.22. The van der Waals surface area contributed by atoms with Crippen LogP contribution in [0.3, 0.4) is 0 Å². The number of aromatic nitrogens is 3. The number of halogens is 1. The number of hydrogen-bond acceptors (Lipinski definition) is 5. The summed E-state index contributed by atoms with van der Waals surface area (Å²) in [5.41, 5.74) is 1.86. The zero-order chi connectivity index (χ0) is 20.9. The van der Waals surface area contributed by atoms with Gasteiger partial charge in [-0.25, -0.2) is 4.98 Å². The Kier molecular flexibility index (Phi) is 6.11. The van der Waals surface area contributed by atoms with Crippen LogP contribution in [0, 0.1) is 0 Å². The van der Waals surface area contributed by atoms with E-state index in [2.05, 4.69) is 15.3 Å². The molecule has 4 aromatic rings. The highest BCUT2D eigenvalue weighted by Gasteiger charge is 2.14. The molecule has 0 aliphatic carbocycles. The maximum atomic E-state index is 13.1. The molecule has 1 N–H and O–H groups in total. The van der Waals surface area contributed by atoms with Gasteiger partial charge in [0, 0.05) is 12.4 Å². The van der Waals surface area contributed by atoms with E-state index < -0.39 is 0 Å². The number of nitrogens with zero attached hydrogens (tertiary/aromatic N) is 3. The van der Waals surface area contributed by atoms with E-state index in [1.54, 1.807) is 53.4 Å². The third-order valence-corrected chi connectivity index (χ3v) is 5.68. The van der Waals surface area contributed by atoms with Gasteiger partial charge in [-0.1, -0.05) is 53.7 Å².